The number of pyridine rings is 1. The number of carbonyl (C=O) groups is 2. The summed E-state index contributed by atoms with van der Waals surface area (Å²) in [5, 5.41) is 6.97. The lowest BCUT2D eigenvalue weighted by atomic mass is 10.2. The predicted molar refractivity (Wildman–Crippen MR) is 115 cm³/mol. The van der Waals surface area contributed by atoms with Gasteiger partial charge < -0.3 is 19.5 Å². The van der Waals surface area contributed by atoms with Crippen LogP contribution in [0.4, 0.5) is 10.2 Å². The molecule has 33 heavy (non-hydrogen) atoms. The number of ether oxygens (including phenoxy) is 1. The topological polar surface area (TPSA) is 111 Å². The molecule has 1 saturated heterocycles. The molecule has 172 valence electrons. The van der Waals surface area contributed by atoms with Crippen molar-refractivity contribution in [3.8, 4) is 0 Å². The van der Waals surface area contributed by atoms with Crippen molar-refractivity contribution in [1.29, 1.82) is 0 Å². The third-order valence-corrected chi connectivity index (χ3v) is 5.97. The first-order chi connectivity index (χ1) is 15.9. The van der Waals surface area contributed by atoms with Crippen LogP contribution in [0.3, 0.4) is 0 Å². The van der Waals surface area contributed by atoms with E-state index in [-0.39, 0.29) is 42.2 Å². The minimum Gasteiger partial charge on any atom is -0.376 e. The van der Waals surface area contributed by atoms with Crippen molar-refractivity contribution < 1.29 is 18.7 Å². The second kappa shape index (κ2) is 8.39. The molecule has 1 N–H and O–H groups in total. The maximum Gasteiger partial charge on any atom is 0.280 e. The van der Waals surface area contributed by atoms with Crippen LogP contribution in [0.25, 0.3) is 5.65 Å². The van der Waals surface area contributed by atoms with Crippen molar-refractivity contribution in [2.45, 2.75) is 45.4 Å². The molecule has 1 atom stereocenters. The van der Waals surface area contributed by atoms with E-state index >= 15 is 0 Å². The number of hydrogen-bond acceptors (Lipinski definition) is 6. The predicted octanol–water partition coefficient (Wildman–Crippen LogP) is 1.37. The Kier molecular flexibility index (Phi) is 5.41. The Morgan fingerprint density at radius 2 is 2.18 bits per heavy atom. The number of anilines is 1. The molecule has 1 fully saturated rings. The highest BCUT2D eigenvalue weighted by molar-refractivity contribution is 5.98. The molecule has 0 aromatic carbocycles. The maximum atomic E-state index is 13.4. The Morgan fingerprint density at radius 3 is 2.88 bits per heavy atom. The maximum absolute atomic E-state index is 13.4. The number of nitrogens with one attached hydrogen (secondary N) is 1. The first kappa shape index (κ1) is 21.3. The van der Waals surface area contributed by atoms with E-state index < -0.39 is 11.7 Å². The van der Waals surface area contributed by atoms with Gasteiger partial charge >= 0.3 is 0 Å². The highest BCUT2D eigenvalue weighted by Gasteiger charge is 2.36. The summed E-state index contributed by atoms with van der Waals surface area (Å²) in [6.07, 6.45) is 3.34. The van der Waals surface area contributed by atoms with Crippen molar-refractivity contribution >= 4 is 23.3 Å². The van der Waals surface area contributed by atoms with E-state index in [2.05, 4.69) is 15.4 Å². The summed E-state index contributed by atoms with van der Waals surface area (Å²) < 4.78 is 21.6. The van der Waals surface area contributed by atoms with E-state index in [4.69, 9.17) is 4.74 Å². The summed E-state index contributed by atoms with van der Waals surface area (Å²) in [6.45, 7) is 2.87. The van der Waals surface area contributed by atoms with Gasteiger partial charge in [-0.05, 0) is 31.4 Å². The van der Waals surface area contributed by atoms with Gasteiger partial charge in [0.2, 0.25) is 5.91 Å². The number of amides is 2. The number of rotatable bonds is 6. The number of fused-ring (bicyclic) bond motifs is 2. The summed E-state index contributed by atoms with van der Waals surface area (Å²) in [5.41, 5.74) is 1.18. The Balaban J connectivity index is 1.52. The van der Waals surface area contributed by atoms with E-state index in [1.807, 2.05) is 6.92 Å². The molecule has 11 heteroatoms. The van der Waals surface area contributed by atoms with Gasteiger partial charge in [-0.2, -0.15) is 9.61 Å². The van der Waals surface area contributed by atoms with E-state index in [1.165, 1.54) is 21.2 Å². The van der Waals surface area contributed by atoms with E-state index in [9.17, 15) is 18.8 Å². The van der Waals surface area contributed by atoms with Crippen molar-refractivity contribution in [2.24, 2.45) is 0 Å². The molecule has 5 heterocycles. The number of halogens is 1. The van der Waals surface area contributed by atoms with Gasteiger partial charge in [0.05, 0.1) is 30.1 Å². The molecule has 0 spiro atoms. The Hall–Kier alpha value is -3.60. The van der Waals surface area contributed by atoms with Gasteiger partial charge in [0.25, 0.3) is 11.5 Å². The number of aromatic nitrogens is 4. The van der Waals surface area contributed by atoms with Crippen LogP contribution in [0.1, 0.15) is 41.5 Å². The molecule has 5 rings (SSSR count). The molecule has 3 aromatic heterocycles. The third kappa shape index (κ3) is 3.88. The standard InChI is InChI=1S/C22H23FN6O4/c1-2-14-8-19-28(12-18(30)25-17-6-5-13(23)9-24-17)20-16(21(31)29(19)26-14)11-27(22(20)32)10-15-4-3-7-33-15/h5-6,8-9,15H,2-4,7,10-12H2,1H3,(H,24,25,30). The van der Waals surface area contributed by atoms with Gasteiger partial charge in [0.1, 0.15) is 29.5 Å². The van der Waals surface area contributed by atoms with Crippen LogP contribution in [-0.2, 0) is 29.0 Å². The fraction of sp³-hybridized carbons (Fsp3) is 0.409. The highest BCUT2D eigenvalue weighted by Crippen LogP contribution is 2.25. The molecule has 3 aromatic rings. The first-order valence-corrected chi connectivity index (χ1v) is 10.9. The number of carbonyl (C=O) groups excluding carboxylic acids is 2. The lowest BCUT2D eigenvalue weighted by Crippen LogP contribution is -2.33. The van der Waals surface area contributed by atoms with Crippen LogP contribution in [0, 0.1) is 5.82 Å². The quantitative estimate of drug-likeness (QED) is 0.602. The largest absolute Gasteiger partial charge is 0.376 e. The van der Waals surface area contributed by atoms with Gasteiger partial charge in [-0.15, -0.1) is 0 Å². The summed E-state index contributed by atoms with van der Waals surface area (Å²) in [4.78, 5) is 44.8. The number of nitrogens with zero attached hydrogens (tertiary/aromatic N) is 5. The monoisotopic (exact) mass is 454 g/mol. The Labute approximate surface area is 188 Å². The fourth-order valence-corrected chi connectivity index (χ4v) is 4.36. The number of hydrogen-bond donors (Lipinski definition) is 1. The summed E-state index contributed by atoms with van der Waals surface area (Å²) in [5.74, 6) is -1.11. The number of aryl methyl sites for hydroxylation is 1. The lowest BCUT2D eigenvalue weighted by Gasteiger charge is -2.19. The zero-order valence-electron chi connectivity index (χ0n) is 18.1. The van der Waals surface area contributed by atoms with Gasteiger partial charge in [0.15, 0.2) is 0 Å². The molecule has 2 aliphatic rings. The van der Waals surface area contributed by atoms with Gasteiger partial charge in [-0.1, -0.05) is 6.92 Å². The van der Waals surface area contributed by atoms with Crippen LogP contribution in [0.2, 0.25) is 0 Å². The Bertz CT molecular complexity index is 1290. The second-order valence-corrected chi connectivity index (χ2v) is 8.21. The van der Waals surface area contributed by atoms with Gasteiger partial charge in [-0.3, -0.25) is 14.4 Å². The van der Waals surface area contributed by atoms with Crippen molar-refractivity contribution in [3.63, 3.8) is 0 Å². The van der Waals surface area contributed by atoms with Crippen LogP contribution < -0.4 is 10.9 Å². The van der Waals surface area contributed by atoms with Crippen molar-refractivity contribution in [2.75, 3.05) is 18.5 Å². The molecule has 10 nitrogen and oxygen atoms in total. The van der Waals surface area contributed by atoms with Crippen LogP contribution in [0.15, 0.2) is 29.2 Å². The summed E-state index contributed by atoms with van der Waals surface area (Å²) in [7, 11) is 0. The highest BCUT2D eigenvalue weighted by atomic mass is 19.1. The minimum atomic E-state index is -0.517. The molecule has 2 aliphatic heterocycles. The average Bonchev–Trinajstić information content (AvgIpc) is 3.53. The summed E-state index contributed by atoms with van der Waals surface area (Å²) in [6, 6.07) is 4.25. The third-order valence-electron chi connectivity index (χ3n) is 5.97. The van der Waals surface area contributed by atoms with Crippen LogP contribution in [-0.4, -0.2) is 55.1 Å². The SMILES string of the molecule is CCc1cc2n(CC(=O)Nc3ccc(F)cn3)c3c(c(=O)n2n1)CN(CC1CCCO1)C3=O. The zero-order valence-corrected chi connectivity index (χ0v) is 18.1. The van der Waals surface area contributed by atoms with Crippen LogP contribution >= 0.6 is 0 Å². The molecule has 0 saturated carbocycles. The van der Waals surface area contributed by atoms with Gasteiger partial charge in [-0.25, -0.2) is 9.37 Å². The second-order valence-electron chi connectivity index (χ2n) is 8.21. The fourth-order valence-electron chi connectivity index (χ4n) is 4.36. The van der Waals surface area contributed by atoms with Crippen LogP contribution in [0.5, 0.6) is 0 Å². The molecule has 1 unspecified atom stereocenters. The van der Waals surface area contributed by atoms with Gasteiger partial charge in [0, 0.05) is 19.2 Å². The van der Waals surface area contributed by atoms with Crippen molar-refractivity contribution in [1.82, 2.24) is 24.1 Å². The van der Waals surface area contributed by atoms with E-state index in [1.54, 1.807) is 11.0 Å². The molecule has 0 aliphatic carbocycles. The zero-order chi connectivity index (χ0) is 23.1. The molecule has 0 bridgehead atoms. The van der Waals surface area contributed by atoms with E-state index in [0.29, 0.717) is 36.5 Å². The lowest BCUT2D eigenvalue weighted by molar-refractivity contribution is -0.116. The molecule has 0 radical (unpaired) electrons. The smallest absolute Gasteiger partial charge is 0.280 e. The molecular formula is C22H23FN6O4. The van der Waals surface area contributed by atoms with E-state index in [0.717, 1.165) is 19.0 Å². The Morgan fingerprint density at radius 1 is 1.33 bits per heavy atom. The summed E-state index contributed by atoms with van der Waals surface area (Å²) >= 11 is 0. The van der Waals surface area contributed by atoms with Crippen molar-refractivity contribution in [3.05, 3.63) is 57.5 Å². The average molecular weight is 454 g/mol. The minimum absolute atomic E-state index is 0.0598. The normalized spacial score (nSPS) is 17.7. The first-order valence-electron chi connectivity index (χ1n) is 10.9. The molecule has 2 amide bonds. The molecular weight excluding hydrogens is 431 g/mol.